The van der Waals surface area contributed by atoms with E-state index >= 15 is 0 Å². The molecule has 11 nitrogen and oxygen atoms in total. The number of nitrogens with one attached hydrogen (secondary N) is 1. The van der Waals surface area contributed by atoms with E-state index in [1.54, 1.807) is 12.1 Å². The van der Waals surface area contributed by atoms with Gasteiger partial charge in [0, 0.05) is 51.4 Å². The summed E-state index contributed by atoms with van der Waals surface area (Å²) in [7, 11) is 0. The zero-order valence-corrected chi connectivity index (χ0v) is 22.5. The van der Waals surface area contributed by atoms with Crippen molar-refractivity contribution in [3.63, 3.8) is 0 Å². The van der Waals surface area contributed by atoms with Crippen LogP contribution in [0.2, 0.25) is 5.15 Å². The molecule has 4 heterocycles. The maximum Gasteiger partial charge on any atom is 0.273 e. The number of hydrogen-bond acceptors (Lipinski definition) is 9. The lowest BCUT2D eigenvalue weighted by atomic mass is 9.97. The number of hydrogen-bond donors (Lipinski definition) is 3. The molecule has 1 atom stereocenters. The molecule has 12 heteroatoms. The van der Waals surface area contributed by atoms with Crippen molar-refractivity contribution in [2.45, 2.75) is 52.1 Å². The molecule has 0 radical (unpaired) electrons. The van der Waals surface area contributed by atoms with Gasteiger partial charge in [0.15, 0.2) is 17.3 Å². The van der Waals surface area contributed by atoms with Crippen molar-refractivity contribution in [2.75, 3.05) is 55.6 Å². The molecule has 0 unspecified atom stereocenters. The molecule has 5 N–H and O–H groups in total. The smallest absolute Gasteiger partial charge is 0.273 e. The van der Waals surface area contributed by atoms with Crippen LogP contribution in [0.3, 0.4) is 0 Å². The van der Waals surface area contributed by atoms with E-state index in [-0.39, 0.29) is 34.3 Å². The van der Waals surface area contributed by atoms with Crippen LogP contribution in [0, 0.1) is 6.92 Å². The first-order chi connectivity index (χ1) is 17.7. The Morgan fingerprint density at radius 1 is 1.05 bits per heavy atom. The predicted octanol–water partition coefficient (Wildman–Crippen LogP) is 1.95. The van der Waals surface area contributed by atoms with Gasteiger partial charge >= 0.3 is 0 Å². The van der Waals surface area contributed by atoms with Gasteiger partial charge in [0.2, 0.25) is 0 Å². The SMILES string of the molecule is CCNC(=O)c1nc(C)c(N2CCN(C3CCN(C(=O)c4ccc(Cl)nc4N)CC3)[C@@H](CC)C2)nc1N. The number of anilines is 3. The molecule has 0 aromatic carbocycles. The molecule has 2 aromatic rings. The number of carbonyl (C=O) groups excluding carboxylic acids is 2. The Hall–Kier alpha value is -3.18. The van der Waals surface area contributed by atoms with E-state index in [0.29, 0.717) is 43.0 Å². The minimum absolute atomic E-state index is 0.0975. The van der Waals surface area contributed by atoms with Crippen LogP contribution >= 0.6 is 11.6 Å². The number of likely N-dealkylation sites (tertiary alicyclic amines) is 1. The maximum atomic E-state index is 13.0. The van der Waals surface area contributed by atoms with E-state index in [0.717, 1.165) is 44.7 Å². The highest BCUT2D eigenvalue weighted by molar-refractivity contribution is 6.29. The third kappa shape index (κ3) is 5.72. The second kappa shape index (κ2) is 11.5. The van der Waals surface area contributed by atoms with Crippen LogP contribution in [0.4, 0.5) is 17.5 Å². The van der Waals surface area contributed by atoms with Crippen LogP contribution in [-0.2, 0) is 0 Å². The van der Waals surface area contributed by atoms with Crippen LogP contribution in [-0.4, -0.2) is 87.9 Å². The molecule has 0 saturated carbocycles. The minimum atomic E-state index is -0.307. The number of nitrogen functional groups attached to an aromatic ring is 2. The van der Waals surface area contributed by atoms with Crippen LogP contribution in [0.15, 0.2) is 12.1 Å². The Kier molecular flexibility index (Phi) is 8.33. The zero-order valence-electron chi connectivity index (χ0n) is 21.7. The van der Waals surface area contributed by atoms with Crippen LogP contribution in [0.5, 0.6) is 0 Å². The average molecular weight is 530 g/mol. The van der Waals surface area contributed by atoms with Crippen molar-refractivity contribution in [3.8, 4) is 0 Å². The molecule has 4 rings (SSSR count). The van der Waals surface area contributed by atoms with E-state index in [1.165, 1.54) is 0 Å². The van der Waals surface area contributed by atoms with Crippen LogP contribution in [0.25, 0.3) is 0 Å². The van der Waals surface area contributed by atoms with Crippen molar-refractivity contribution in [3.05, 3.63) is 34.2 Å². The topological polar surface area (TPSA) is 147 Å². The summed E-state index contributed by atoms with van der Waals surface area (Å²) in [6.07, 6.45) is 2.79. The molecule has 2 amide bonds. The molecule has 200 valence electrons. The number of rotatable bonds is 6. The number of halogens is 1. The quantitative estimate of drug-likeness (QED) is 0.477. The van der Waals surface area contributed by atoms with E-state index in [4.69, 9.17) is 23.1 Å². The number of amides is 2. The molecule has 2 fully saturated rings. The molecular formula is C25H36ClN9O2. The highest BCUT2D eigenvalue weighted by atomic mass is 35.5. The summed E-state index contributed by atoms with van der Waals surface area (Å²) in [5.41, 5.74) is 13.3. The number of piperazine rings is 1. The largest absolute Gasteiger partial charge is 0.383 e. The van der Waals surface area contributed by atoms with Gasteiger partial charge in [-0.05, 0) is 45.2 Å². The van der Waals surface area contributed by atoms with Gasteiger partial charge in [-0.1, -0.05) is 18.5 Å². The lowest BCUT2D eigenvalue weighted by Crippen LogP contribution is -2.59. The third-order valence-corrected chi connectivity index (χ3v) is 7.48. The summed E-state index contributed by atoms with van der Waals surface area (Å²) in [6.45, 7) is 10.2. The molecular weight excluding hydrogens is 494 g/mol. The van der Waals surface area contributed by atoms with E-state index in [9.17, 15) is 9.59 Å². The number of nitrogens with two attached hydrogens (primary N) is 2. The van der Waals surface area contributed by atoms with Crippen molar-refractivity contribution in [2.24, 2.45) is 0 Å². The van der Waals surface area contributed by atoms with E-state index in [2.05, 4.69) is 37.0 Å². The molecule has 0 bridgehead atoms. The highest BCUT2D eigenvalue weighted by Crippen LogP contribution is 2.28. The number of aryl methyl sites for hydroxylation is 1. The maximum absolute atomic E-state index is 13.0. The fourth-order valence-corrected chi connectivity index (χ4v) is 5.50. The first-order valence-corrected chi connectivity index (χ1v) is 13.3. The predicted molar refractivity (Wildman–Crippen MR) is 145 cm³/mol. The van der Waals surface area contributed by atoms with Crippen molar-refractivity contribution in [1.29, 1.82) is 0 Å². The summed E-state index contributed by atoms with van der Waals surface area (Å²) in [5, 5.41) is 3.01. The Labute approximate surface area is 222 Å². The van der Waals surface area contributed by atoms with Crippen molar-refractivity contribution in [1.82, 2.24) is 30.1 Å². The van der Waals surface area contributed by atoms with Gasteiger partial charge in [0.05, 0.1) is 11.3 Å². The first-order valence-electron chi connectivity index (χ1n) is 12.9. The second-order valence-corrected chi connectivity index (χ2v) is 9.95. The van der Waals surface area contributed by atoms with Crippen LogP contribution < -0.4 is 21.7 Å². The molecule has 2 aromatic heterocycles. The standard InChI is InChI=1S/C25H36ClN9O2/c1-4-16-14-34(23-15(3)30-20(22(28)32-23)24(36)29-5-2)12-13-35(16)17-8-10-33(11-9-17)25(37)18-6-7-19(26)31-21(18)27/h6-7,16-17H,4-5,8-14H2,1-3H3,(H2,27,31)(H2,28,32)(H,29,36)/t16-/m0/s1. The van der Waals surface area contributed by atoms with Gasteiger partial charge in [0.25, 0.3) is 11.8 Å². The van der Waals surface area contributed by atoms with Crippen molar-refractivity contribution >= 4 is 40.9 Å². The minimum Gasteiger partial charge on any atom is -0.383 e. The number of piperidine rings is 1. The third-order valence-electron chi connectivity index (χ3n) is 7.27. The average Bonchev–Trinajstić information content (AvgIpc) is 2.89. The zero-order chi connectivity index (χ0) is 26.7. The lowest BCUT2D eigenvalue weighted by Gasteiger charge is -2.47. The van der Waals surface area contributed by atoms with Gasteiger partial charge in [-0.2, -0.15) is 0 Å². The molecule has 37 heavy (non-hydrogen) atoms. The summed E-state index contributed by atoms with van der Waals surface area (Å²) < 4.78 is 0. The summed E-state index contributed by atoms with van der Waals surface area (Å²) in [5.74, 6) is 0.645. The molecule has 2 saturated heterocycles. The molecule has 2 aliphatic heterocycles. The normalized spacial score (nSPS) is 19.2. The summed E-state index contributed by atoms with van der Waals surface area (Å²) >= 11 is 5.88. The molecule has 2 aliphatic rings. The fourth-order valence-electron chi connectivity index (χ4n) is 5.34. The number of aromatic nitrogens is 3. The number of carbonyl (C=O) groups is 2. The Balaban J connectivity index is 1.39. The van der Waals surface area contributed by atoms with Crippen LogP contribution in [0.1, 0.15) is 59.7 Å². The number of nitrogens with zero attached hydrogens (tertiary/aromatic N) is 6. The summed E-state index contributed by atoms with van der Waals surface area (Å²) in [6, 6.07) is 3.97. The van der Waals surface area contributed by atoms with Gasteiger partial charge < -0.3 is 26.6 Å². The molecule has 0 aliphatic carbocycles. The van der Waals surface area contributed by atoms with Crippen molar-refractivity contribution < 1.29 is 9.59 Å². The summed E-state index contributed by atoms with van der Waals surface area (Å²) in [4.78, 5) is 44.9. The monoisotopic (exact) mass is 529 g/mol. The Morgan fingerprint density at radius 3 is 2.43 bits per heavy atom. The second-order valence-electron chi connectivity index (χ2n) is 9.56. The van der Waals surface area contributed by atoms with Gasteiger partial charge in [-0.15, -0.1) is 0 Å². The first kappa shape index (κ1) is 26.9. The van der Waals surface area contributed by atoms with Gasteiger partial charge in [0.1, 0.15) is 11.0 Å². The number of pyridine rings is 1. The Morgan fingerprint density at radius 2 is 1.78 bits per heavy atom. The van der Waals surface area contributed by atoms with E-state index < -0.39 is 0 Å². The fraction of sp³-hybridized carbons (Fsp3) is 0.560. The Bertz CT molecular complexity index is 1150. The highest BCUT2D eigenvalue weighted by Gasteiger charge is 2.35. The molecule has 0 spiro atoms. The lowest BCUT2D eigenvalue weighted by molar-refractivity contribution is 0.0491. The van der Waals surface area contributed by atoms with Gasteiger partial charge in [-0.25, -0.2) is 15.0 Å². The van der Waals surface area contributed by atoms with E-state index in [1.807, 2.05) is 18.7 Å². The van der Waals surface area contributed by atoms with Gasteiger partial charge in [-0.3, -0.25) is 14.5 Å².